The van der Waals surface area contributed by atoms with E-state index in [4.69, 9.17) is 15.9 Å². The number of amidine groups is 1. The Labute approximate surface area is 112 Å². The third kappa shape index (κ3) is 3.90. The maximum absolute atomic E-state index is 13.7. The van der Waals surface area contributed by atoms with Crippen molar-refractivity contribution >= 4 is 11.5 Å². The van der Waals surface area contributed by atoms with Gasteiger partial charge in [-0.15, -0.1) is 0 Å². The van der Waals surface area contributed by atoms with Crippen molar-refractivity contribution in [3.8, 4) is 0 Å². The molecule has 0 spiro atoms. The van der Waals surface area contributed by atoms with E-state index in [9.17, 15) is 4.39 Å². The highest BCUT2D eigenvalue weighted by Gasteiger charge is 2.10. The molecule has 0 aromatic heterocycles. The molecule has 0 bridgehead atoms. The fourth-order valence-electron chi connectivity index (χ4n) is 2.00. The van der Waals surface area contributed by atoms with E-state index in [1.54, 1.807) is 12.1 Å². The highest BCUT2D eigenvalue weighted by atomic mass is 19.1. The number of nitrogens with two attached hydrogens (primary N) is 1. The number of benzene rings is 1. The first-order chi connectivity index (χ1) is 9.16. The highest BCUT2D eigenvalue weighted by molar-refractivity contribution is 5.95. The summed E-state index contributed by atoms with van der Waals surface area (Å²) in [6.45, 7) is 4.91. The minimum Gasteiger partial charge on any atom is -0.384 e. The van der Waals surface area contributed by atoms with Crippen molar-refractivity contribution in [3.05, 3.63) is 29.6 Å². The van der Waals surface area contributed by atoms with Crippen molar-refractivity contribution in [1.82, 2.24) is 4.90 Å². The van der Waals surface area contributed by atoms with Crippen LogP contribution in [0.15, 0.2) is 18.2 Å². The molecule has 4 N–H and O–H groups in total. The summed E-state index contributed by atoms with van der Waals surface area (Å²) in [6.07, 6.45) is 0. The zero-order chi connectivity index (χ0) is 13.7. The number of halogens is 1. The summed E-state index contributed by atoms with van der Waals surface area (Å²) < 4.78 is 19.0. The van der Waals surface area contributed by atoms with Gasteiger partial charge in [-0.2, -0.15) is 0 Å². The van der Waals surface area contributed by atoms with Gasteiger partial charge in [0.1, 0.15) is 11.7 Å². The number of hydrogen-bond donors (Lipinski definition) is 3. The van der Waals surface area contributed by atoms with Crippen molar-refractivity contribution in [1.29, 1.82) is 5.41 Å². The molecule has 2 rings (SSSR count). The fraction of sp³-hybridized carbons (Fsp3) is 0.462. The van der Waals surface area contributed by atoms with Crippen LogP contribution in [-0.2, 0) is 4.74 Å². The van der Waals surface area contributed by atoms with Crippen molar-refractivity contribution in [2.45, 2.75) is 0 Å². The van der Waals surface area contributed by atoms with Gasteiger partial charge in [0.25, 0.3) is 0 Å². The van der Waals surface area contributed by atoms with Gasteiger partial charge in [-0.05, 0) is 18.2 Å². The number of anilines is 1. The van der Waals surface area contributed by atoms with E-state index in [0.29, 0.717) is 17.8 Å². The molecule has 104 valence electrons. The molecular weight excluding hydrogens is 247 g/mol. The van der Waals surface area contributed by atoms with E-state index >= 15 is 0 Å². The van der Waals surface area contributed by atoms with Crippen LogP contribution in [0.1, 0.15) is 5.56 Å². The maximum atomic E-state index is 13.7. The first kappa shape index (κ1) is 13.8. The fourth-order valence-corrected chi connectivity index (χ4v) is 2.00. The zero-order valence-electron chi connectivity index (χ0n) is 10.8. The smallest absolute Gasteiger partial charge is 0.147 e. The van der Waals surface area contributed by atoms with Crippen molar-refractivity contribution < 1.29 is 9.13 Å². The summed E-state index contributed by atoms with van der Waals surface area (Å²) >= 11 is 0. The first-order valence-corrected chi connectivity index (χ1v) is 6.35. The number of nitrogens with zero attached hydrogens (tertiary/aromatic N) is 1. The molecule has 6 heteroatoms. The molecule has 0 aliphatic carbocycles. The summed E-state index contributed by atoms with van der Waals surface area (Å²) in [7, 11) is 0. The van der Waals surface area contributed by atoms with Crippen molar-refractivity contribution in [2.75, 3.05) is 44.7 Å². The van der Waals surface area contributed by atoms with Crippen LogP contribution in [0.4, 0.5) is 10.1 Å². The van der Waals surface area contributed by atoms with Gasteiger partial charge in [0.15, 0.2) is 0 Å². The van der Waals surface area contributed by atoms with Gasteiger partial charge >= 0.3 is 0 Å². The van der Waals surface area contributed by atoms with E-state index in [1.807, 2.05) is 0 Å². The molecule has 0 unspecified atom stereocenters. The molecule has 1 saturated heterocycles. The van der Waals surface area contributed by atoms with Gasteiger partial charge in [-0.3, -0.25) is 10.3 Å². The SMILES string of the molecule is N=C(N)c1ccc(NCCN2CCOCC2)c(F)c1. The van der Waals surface area contributed by atoms with E-state index in [-0.39, 0.29) is 11.7 Å². The van der Waals surface area contributed by atoms with Gasteiger partial charge in [0, 0.05) is 31.7 Å². The van der Waals surface area contributed by atoms with Gasteiger partial charge in [0.05, 0.1) is 18.9 Å². The molecular formula is C13H19FN4O. The summed E-state index contributed by atoms with van der Waals surface area (Å²) in [5.41, 5.74) is 6.15. The quantitative estimate of drug-likeness (QED) is 0.546. The second kappa shape index (κ2) is 6.49. The van der Waals surface area contributed by atoms with Gasteiger partial charge < -0.3 is 15.8 Å². The number of hydrogen-bond acceptors (Lipinski definition) is 4. The largest absolute Gasteiger partial charge is 0.384 e. The number of morpholine rings is 1. The average molecular weight is 266 g/mol. The third-order valence-corrected chi connectivity index (χ3v) is 3.13. The zero-order valence-corrected chi connectivity index (χ0v) is 10.8. The number of ether oxygens (including phenoxy) is 1. The third-order valence-electron chi connectivity index (χ3n) is 3.13. The minimum atomic E-state index is -0.380. The molecule has 0 saturated carbocycles. The summed E-state index contributed by atoms with van der Waals surface area (Å²) in [4.78, 5) is 2.28. The van der Waals surface area contributed by atoms with Gasteiger partial charge in [0.2, 0.25) is 0 Å². The lowest BCUT2D eigenvalue weighted by atomic mass is 10.2. The van der Waals surface area contributed by atoms with E-state index in [2.05, 4.69) is 10.2 Å². The molecule has 1 fully saturated rings. The molecule has 0 amide bonds. The Bertz CT molecular complexity index is 446. The highest BCUT2D eigenvalue weighted by Crippen LogP contribution is 2.15. The van der Waals surface area contributed by atoms with Crippen LogP contribution in [0.25, 0.3) is 0 Å². The van der Waals surface area contributed by atoms with Crippen LogP contribution in [-0.4, -0.2) is 50.1 Å². The molecule has 0 radical (unpaired) electrons. The monoisotopic (exact) mass is 266 g/mol. The Morgan fingerprint density at radius 3 is 2.79 bits per heavy atom. The molecule has 0 atom stereocenters. The van der Waals surface area contributed by atoms with E-state index in [1.165, 1.54) is 6.07 Å². The van der Waals surface area contributed by atoms with Crippen molar-refractivity contribution in [2.24, 2.45) is 5.73 Å². The van der Waals surface area contributed by atoms with E-state index in [0.717, 1.165) is 32.8 Å². The second-order valence-electron chi connectivity index (χ2n) is 4.49. The van der Waals surface area contributed by atoms with Crippen LogP contribution >= 0.6 is 0 Å². The minimum absolute atomic E-state index is 0.126. The summed E-state index contributed by atoms with van der Waals surface area (Å²) in [5, 5.41) is 10.3. The standard InChI is InChI=1S/C13H19FN4O/c14-11-9-10(13(15)16)1-2-12(11)17-3-4-18-5-7-19-8-6-18/h1-2,9,17H,3-8H2,(H3,15,16). The number of rotatable bonds is 5. The summed E-state index contributed by atoms with van der Waals surface area (Å²) in [6, 6.07) is 4.53. The normalized spacial score (nSPS) is 16.3. The molecule has 5 nitrogen and oxygen atoms in total. The Balaban J connectivity index is 1.83. The molecule has 19 heavy (non-hydrogen) atoms. The van der Waals surface area contributed by atoms with Crippen molar-refractivity contribution in [3.63, 3.8) is 0 Å². The predicted octanol–water partition coefficient (Wildman–Crippen LogP) is 0.854. The first-order valence-electron chi connectivity index (χ1n) is 6.35. The molecule has 1 aromatic carbocycles. The lowest BCUT2D eigenvalue weighted by Gasteiger charge is -2.26. The number of nitrogen functional groups attached to an aromatic ring is 1. The Morgan fingerprint density at radius 1 is 1.42 bits per heavy atom. The van der Waals surface area contributed by atoms with Gasteiger partial charge in [-0.25, -0.2) is 4.39 Å². The van der Waals surface area contributed by atoms with Gasteiger partial charge in [-0.1, -0.05) is 0 Å². The van der Waals surface area contributed by atoms with Crippen LogP contribution in [0.2, 0.25) is 0 Å². The molecule has 1 aliphatic rings. The molecule has 1 aliphatic heterocycles. The Kier molecular flexibility index (Phi) is 4.70. The lowest BCUT2D eigenvalue weighted by molar-refractivity contribution is 0.0398. The van der Waals surface area contributed by atoms with Crippen LogP contribution in [0, 0.1) is 11.2 Å². The second-order valence-corrected chi connectivity index (χ2v) is 4.49. The predicted molar refractivity (Wildman–Crippen MR) is 73.2 cm³/mol. The Morgan fingerprint density at radius 2 is 2.16 bits per heavy atom. The van der Waals surface area contributed by atoms with E-state index < -0.39 is 0 Å². The Hall–Kier alpha value is -1.66. The van der Waals surface area contributed by atoms with Crippen LogP contribution < -0.4 is 11.1 Å². The average Bonchev–Trinajstić information content (AvgIpc) is 2.41. The molecule has 1 aromatic rings. The lowest BCUT2D eigenvalue weighted by Crippen LogP contribution is -2.39. The van der Waals surface area contributed by atoms with Crippen LogP contribution in [0.5, 0.6) is 0 Å². The van der Waals surface area contributed by atoms with Crippen LogP contribution in [0.3, 0.4) is 0 Å². The maximum Gasteiger partial charge on any atom is 0.147 e. The topological polar surface area (TPSA) is 74.4 Å². The summed E-state index contributed by atoms with van der Waals surface area (Å²) in [5.74, 6) is -0.506. The molecule has 1 heterocycles. The number of nitrogens with one attached hydrogen (secondary N) is 2.